The molecule has 2 saturated carbocycles. The molecule has 0 spiro atoms. The maximum atomic E-state index is 3.66. The first-order valence-corrected chi connectivity index (χ1v) is 9.40. The molecule has 1 N–H and O–H groups in total. The summed E-state index contributed by atoms with van der Waals surface area (Å²) in [4.78, 5) is 0. The van der Waals surface area contributed by atoms with Gasteiger partial charge in [-0.25, -0.2) is 0 Å². The Balaban J connectivity index is 1.68. The maximum Gasteiger partial charge on any atom is 0.0175 e. The lowest BCUT2D eigenvalue weighted by Crippen LogP contribution is -2.29. The van der Waals surface area contributed by atoms with E-state index in [0.29, 0.717) is 12.0 Å². The number of nitrogens with one attached hydrogen (secondary N) is 1. The molecule has 2 bridgehead atoms. The number of benzene rings is 1. The van der Waals surface area contributed by atoms with Crippen LogP contribution in [0.5, 0.6) is 0 Å². The molecule has 0 saturated heterocycles. The normalized spacial score (nSPS) is 29.2. The monoisotopic (exact) mass is 349 g/mol. The fraction of sp³-hybridized carbons (Fsp3) is 0.684. The Kier molecular flexibility index (Phi) is 5.06. The molecular formula is C19H28BrN. The van der Waals surface area contributed by atoms with Gasteiger partial charge in [-0.15, -0.1) is 0 Å². The largest absolute Gasteiger partial charge is 0.314 e. The van der Waals surface area contributed by atoms with Gasteiger partial charge >= 0.3 is 0 Å². The van der Waals surface area contributed by atoms with Crippen LogP contribution in [0.3, 0.4) is 0 Å². The van der Waals surface area contributed by atoms with Crippen LogP contribution in [0.25, 0.3) is 0 Å². The van der Waals surface area contributed by atoms with Crippen molar-refractivity contribution in [3.05, 3.63) is 34.3 Å². The topological polar surface area (TPSA) is 12.0 Å². The third kappa shape index (κ3) is 3.90. The second kappa shape index (κ2) is 6.83. The van der Waals surface area contributed by atoms with Crippen LogP contribution in [0.15, 0.2) is 28.7 Å². The van der Waals surface area contributed by atoms with Crippen molar-refractivity contribution in [2.24, 2.45) is 17.8 Å². The number of hydrogen-bond acceptors (Lipinski definition) is 1. The Morgan fingerprint density at radius 1 is 1.14 bits per heavy atom. The molecule has 4 unspecified atom stereocenters. The van der Waals surface area contributed by atoms with Gasteiger partial charge in [0.1, 0.15) is 0 Å². The molecule has 2 fully saturated rings. The van der Waals surface area contributed by atoms with E-state index in [0.717, 1.165) is 24.3 Å². The Morgan fingerprint density at radius 3 is 2.48 bits per heavy atom. The molecule has 2 heteroatoms. The zero-order chi connectivity index (χ0) is 14.8. The Labute approximate surface area is 138 Å². The molecule has 4 atom stereocenters. The third-order valence-electron chi connectivity index (χ3n) is 5.59. The van der Waals surface area contributed by atoms with Crippen LogP contribution in [0.4, 0.5) is 0 Å². The third-order valence-corrected chi connectivity index (χ3v) is 6.11. The van der Waals surface area contributed by atoms with Gasteiger partial charge < -0.3 is 5.32 Å². The van der Waals surface area contributed by atoms with Crippen LogP contribution in [0.1, 0.15) is 57.4 Å². The summed E-state index contributed by atoms with van der Waals surface area (Å²) in [5, 5.41) is 3.66. The highest BCUT2D eigenvalue weighted by Gasteiger charge is 2.40. The van der Waals surface area contributed by atoms with Crippen molar-refractivity contribution < 1.29 is 0 Å². The molecule has 2 aliphatic rings. The predicted octanol–water partition coefficient (Wildman–Crippen LogP) is 5.36. The van der Waals surface area contributed by atoms with Gasteiger partial charge in [-0.2, -0.15) is 0 Å². The maximum absolute atomic E-state index is 3.66. The highest BCUT2D eigenvalue weighted by atomic mass is 79.9. The second-order valence-corrected chi connectivity index (χ2v) is 8.40. The van der Waals surface area contributed by atoms with E-state index in [1.165, 1.54) is 42.1 Å². The molecule has 0 heterocycles. The summed E-state index contributed by atoms with van der Waals surface area (Å²) < 4.78 is 1.18. The highest BCUT2D eigenvalue weighted by Crippen LogP contribution is 2.51. The molecule has 1 aromatic carbocycles. The van der Waals surface area contributed by atoms with Crippen LogP contribution in [0.2, 0.25) is 0 Å². The number of fused-ring (bicyclic) bond motifs is 2. The molecule has 0 amide bonds. The SMILES string of the molecule is CC(C)NCC(CC1CC2CCC1C2)c1ccc(Br)cc1. The average Bonchev–Trinajstić information content (AvgIpc) is 3.06. The molecule has 0 radical (unpaired) electrons. The Hall–Kier alpha value is -0.340. The van der Waals surface area contributed by atoms with E-state index < -0.39 is 0 Å². The molecule has 21 heavy (non-hydrogen) atoms. The summed E-state index contributed by atoms with van der Waals surface area (Å²) in [5.41, 5.74) is 1.51. The summed E-state index contributed by atoms with van der Waals surface area (Å²) in [6.07, 6.45) is 7.41. The lowest BCUT2D eigenvalue weighted by atomic mass is 9.80. The zero-order valence-corrected chi connectivity index (χ0v) is 14.9. The number of rotatable bonds is 6. The lowest BCUT2D eigenvalue weighted by Gasteiger charge is -2.28. The van der Waals surface area contributed by atoms with Crippen molar-refractivity contribution in [3.8, 4) is 0 Å². The van der Waals surface area contributed by atoms with Crippen LogP contribution >= 0.6 is 15.9 Å². The fourth-order valence-corrected chi connectivity index (χ4v) is 4.75. The van der Waals surface area contributed by atoms with Crippen molar-refractivity contribution in [2.75, 3.05) is 6.54 Å². The summed E-state index contributed by atoms with van der Waals surface area (Å²) in [6, 6.07) is 9.58. The van der Waals surface area contributed by atoms with Gasteiger partial charge in [0.2, 0.25) is 0 Å². The van der Waals surface area contributed by atoms with E-state index in [1.807, 2.05) is 0 Å². The molecule has 3 rings (SSSR count). The molecular weight excluding hydrogens is 322 g/mol. The van der Waals surface area contributed by atoms with Gasteiger partial charge in [-0.3, -0.25) is 0 Å². The summed E-state index contributed by atoms with van der Waals surface area (Å²) in [7, 11) is 0. The van der Waals surface area contributed by atoms with E-state index in [1.54, 1.807) is 0 Å². The smallest absolute Gasteiger partial charge is 0.0175 e. The van der Waals surface area contributed by atoms with Crippen LogP contribution in [-0.2, 0) is 0 Å². The first-order valence-electron chi connectivity index (χ1n) is 8.60. The summed E-state index contributed by atoms with van der Waals surface area (Å²) in [5.74, 6) is 3.74. The van der Waals surface area contributed by atoms with Crippen LogP contribution in [-0.4, -0.2) is 12.6 Å². The first-order chi connectivity index (χ1) is 10.1. The number of hydrogen-bond donors (Lipinski definition) is 1. The highest BCUT2D eigenvalue weighted by molar-refractivity contribution is 9.10. The van der Waals surface area contributed by atoms with Crippen molar-refractivity contribution in [1.29, 1.82) is 0 Å². The predicted molar refractivity (Wildman–Crippen MR) is 93.6 cm³/mol. The Morgan fingerprint density at radius 2 is 1.90 bits per heavy atom. The molecule has 0 aromatic heterocycles. The minimum absolute atomic E-state index is 0.572. The second-order valence-electron chi connectivity index (χ2n) is 7.48. The number of halogens is 1. The van der Waals surface area contributed by atoms with E-state index in [-0.39, 0.29) is 0 Å². The lowest BCUT2D eigenvalue weighted by molar-refractivity contribution is 0.289. The molecule has 1 nitrogen and oxygen atoms in total. The average molecular weight is 350 g/mol. The van der Waals surface area contributed by atoms with Gasteiger partial charge in [0.25, 0.3) is 0 Å². The molecule has 2 aliphatic carbocycles. The van der Waals surface area contributed by atoms with E-state index in [4.69, 9.17) is 0 Å². The van der Waals surface area contributed by atoms with E-state index in [9.17, 15) is 0 Å². The van der Waals surface area contributed by atoms with Crippen LogP contribution < -0.4 is 5.32 Å². The molecule has 116 valence electrons. The standard InChI is InChI=1S/C19H28BrN/c1-13(2)21-12-18(15-5-7-19(20)8-6-15)11-17-10-14-3-4-16(17)9-14/h5-8,13-14,16-18,21H,3-4,9-12H2,1-2H3. The molecule has 0 aliphatic heterocycles. The minimum Gasteiger partial charge on any atom is -0.314 e. The van der Waals surface area contributed by atoms with Crippen molar-refractivity contribution in [3.63, 3.8) is 0 Å². The van der Waals surface area contributed by atoms with Crippen molar-refractivity contribution >= 4 is 15.9 Å². The van der Waals surface area contributed by atoms with Gasteiger partial charge in [0.05, 0.1) is 0 Å². The summed E-state index contributed by atoms with van der Waals surface area (Å²) in [6.45, 7) is 5.61. The quantitative estimate of drug-likeness (QED) is 0.729. The van der Waals surface area contributed by atoms with E-state index >= 15 is 0 Å². The van der Waals surface area contributed by atoms with E-state index in [2.05, 4.69) is 59.4 Å². The van der Waals surface area contributed by atoms with Gasteiger partial charge in [-0.05, 0) is 67.1 Å². The van der Waals surface area contributed by atoms with Gasteiger partial charge in [0, 0.05) is 17.1 Å². The minimum atomic E-state index is 0.572. The molecule has 1 aromatic rings. The van der Waals surface area contributed by atoms with Gasteiger partial charge in [0.15, 0.2) is 0 Å². The van der Waals surface area contributed by atoms with Crippen molar-refractivity contribution in [2.45, 2.75) is 57.9 Å². The van der Waals surface area contributed by atoms with Gasteiger partial charge in [-0.1, -0.05) is 48.3 Å². The fourth-order valence-electron chi connectivity index (χ4n) is 4.48. The Bertz CT molecular complexity index is 453. The van der Waals surface area contributed by atoms with Crippen molar-refractivity contribution in [1.82, 2.24) is 5.32 Å². The summed E-state index contributed by atoms with van der Waals surface area (Å²) >= 11 is 3.56. The first kappa shape index (κ1) is 15.6. The van der Waals surface area contributed by atoms with Crippen LogP contribution in [0, 0.1) is 17.8 Å². The zero-order valence-electron chi connectivity index (χ0n) is 13.3.